The number of ketones is 1. The van der Waals surface area contributed by atoms with Gasteiger partial charge in [0, 0.05) is 23.9 Å². The van der Waals surface area contributed by atoms with E-state index in [0.29, 0.717) is 29.0 Å². The molecule has 0 aliphatic heterocycles. The fourth-order valence-corrected chi connectivity index (χ4v) is 3.59. The van der Waals surface area contributed by atoms with Gasteiger partial charge in [-0.3, -0.25) is 14.2 Å². The van der Waals surface area contributed by atoms with Gasteiger partial charge in [0.05, 0.1) is 5.39 Å². The van der Waals surface area contributed by atoms with Crippen LogP contribution in [0.1, 0.15) is 35.8 Å². The van der Waals surface area contributed by atoms with Gasteiger partial charge in [0.25, 0.3) is 0 Å². The van der Waals surface area contributed by atoms with Gasteiger partial charge in [0.1, 0.15) is 11.5 Å². The smallest absolute Gasteiger partial charge is 0.193 e. The first kappa shape index (κ1) is 19.6. The predicted molar refractivity (Wildman–Crippen MR) is 121 cm³/mol. The van der Waals surface area contributed by atoms with Crippen LogP contribution in [-0.4, -0.2) is 15.3 Å². The SMILES string of the molecule is CCCC(=O)c1cc(C)c2c(=O)cc(Nc3ccccc3)n(-c3ccccc3)c2n1. The van der Waals surface area contributed by atoms with Crippen LogP contribution in [-0.2, 0) is 0 Å². The standard InChI is InChI=1S/C25H23N3O2/c1-3-10-21(29)20-15-17(2)24-22(30)16-23(26-18-11-6-4-7-12-18)28(25(24)27-20)19-13-8-5-9-14-19/h4-9,11-16,26H,3,10H2,1-2H3. The van der Waals surface area contributed by atoms with Crippen molar-refractivity contribution in [2.45, 2.75) is 26.7 Å². The molecule has 0 bridgehead atoms. The van der Waals surface area contributed by atoms with E-state index in [-0.39, 0.29) is 11.2 Å². The highest BCUT2D eigenvalue weighted by Gasteiger charge is 2.17. The molecule has 0 aliphatic carbocycles. The summed E-state index contributed by atoms with van der Waals surface area (Å²) < 4.78 is 1.90. The first-order valence-corrected chi connectivity index (χ1v) is 10.1. The lowest BCUT2D eigenvalue weighted by atomic mass is 10.1. The Morgan fingerprint density at radius 3 is 2.33 bits per heavy atom. The number of Topliss-reactive ketones (excluding diaryl/α,β-unsaturated/α-hetero) is 1. The van der Waals surface area contributed by atoms with E-state index in [1.807, 2.05) is 79.1 Å². The Bertz CT molecular complexity index is 1260. The van der Waals surface area contributed by atoms with Crippen LogP contribution in [0.4, 0.5) is 11.5 Å². The van der Waals surface area contributed by atoms with Gasteiger partial charge in [-0.25, -0.2) is 4.98 Å². The second-order valence-electron chi connectivity index (χ2n) is 7.25. The van der Waals surface area contributed by atoms with Gasteiger partial charge in [-0.05, 0) is 49.2 Å². The summed E-state index contributed by atoms with van der Waals surface area (Å²) >= 11 is 0. The van der Waals surface area contributed by atoms with Gasteiger partial charge in [-0.2, -0.15) is 0 Å². The number of anilines is 2. The van der Waals surface area contributed by atoms with Gasteiger partial charge in [-0.1, -0.05) is 43.3 Å². The van der Waals surface area contributed by atoms with E-state index in [9.17, 15) is 9.59 Å². The molecular formula is C25H23N3O2. The fourth-order valence-electron chi connectivity index (χ4n) is 3.59. The number of fused-ring (bicyclic) bond motifs is 1. The van der Waals surface area contributed by atoms with Crippen molar-refractivity contribution < 1.29 is 4.79 Å². The number of hydrogen-bond donors (Lipinski definition) is 1. The summed E-state index contributed by atoms with van der Waals surface area (Å²) in [5.41, 5.74) is 3.20. The molecule has 30 heavy (non-hydrogen) atoms. The molecule has 0 saturated heterocycles. The maximum absolute atomic E-state index is 13.0. The van der Waals surface area contributed by atoms with Crippen LogP contribution in [0.15, 0.2) is 77.6 Å². The number of nitrogens with one attached hydrogen (secondary N) is 1. The van der Waals surface area contributed by atoms with Crippen LogP contribution in [0.3, 0.4) is 0 Å². The quantitative estimate of drug-likeness (QED) is 0.441. The van der Waals surface area contributed by atoms with E-state index in [2.05, 4.69) is 10.3 Å². The van der Waals surface area contributed by atoms with Gasteiger partial charge in [0.2, 0.25) is 0 Å². The maximum Gasteiger partial charge on any atom is 0.193 e. The summed E-state index contributed by atoms with van der Waals surface area (Å²) in [6, 6.07) is 22.7. The Labute approximate surface area is 175 Å². The predicted octanol–water partition coefficient (Wildman–Crippen LogP) is 5.42. The number of benzene rings is 2. The normalized spacial score (nSPS) is 10.9. The molecule has 2 aromatic carbocycles. The summed E-state index contributed by atoms with van der Waals surface area (Å²) in [7, 11) is 0. The van der Waals surface area contributed by atoms with Crippen LogP contribution >= 0.6 is 0 Å². The summed E-state index contributed by atoms with van der Waals surface area (Å²) in [5.74, 6) is 0.577. The van der Waals surface area contributed by atoms with E-state index >= 15 is 0 Å². The molecule has 150 valence electrons. The third-order valence-electron chi connectivity index (χ3n) is 4.99. The molecule has 2 aromatic heterocycles. The zero-order chi connectivity index (χ0) is 21.1. The highest BCUT2D eigenvalue weighted by atomic mass is 16.1. The minimum atomic E-state index is -0.130. The Kier molecular flexibility index (Phi) is 5.44. The van der Waals surface area contributed by atoms with Crippen LogP contribution in [0.2, 0.25) is 0 Å². The van der Waals surface area contributed by atoms with Gasteiger partial charge < -0.3 is 5.32 Å². The second kappa shape index (κ2) is 8.33. The third-order valence-corrected chi connectivity index (χ3v) is 4.99. The molecule has 5 nitrogen and oxygen atoms in total. The first-order chi connectivity index (χ1) is 14.6. The molecule has 0 saturated carbocycles. The summed E-state index contributed by atoms with van der Waals surface area (Å²) in [5, 5.41) is 3.85. The van der Waals surface area contributed by atoms with Gasteiger partial charge in [0.15, 0.2) is 16.9 Å². The van der Waals surface area contributed by atoms with Crippen LogP contribution in [0, 0.1) is 6.92 Å². The number of nitrogens with zero attached hydrogens (tertiary/aromatic N) is 2. The molecule has 0 spiro atoms. The average Bonchev–Trinajstić information content (AvgIpc) is 2.75. The minimum Gasteiger partial charge on any atom is -0.341 e. The second-order valence-corrected chi connectivity index (χ2v) is 7.25. The topological polar surface area (TPSA) is 64.0 Å². The Morgan fingerprint density at radius 1 is 1.00 bits per heavy atom. The van der Waals surface area contributed by atoms with E-state index in [4.69, 9.17) is 0 Å². The lowest BCUT2D eigenvalue weighted by molar-refractivity contribution is 0.0977. The first-order valence-electron chi connectivity index (χ1n) is 10.1. The number of hydrogen-bond acceptors (Lipinski definition) is 4. The van der Waals surface area contributed by atoms with Crippen molar-refractivity contribution in [2.24, 2.45) is 0 Å². The molecule has 0 radical (unpaired) electrons. The number of aryl methyl sites for hydroxylation is 1. The molecule has 2 heterocycles. The monoisotopic (exact) mass is 397 g/mol. The lowest BCUT2D eigenvalue weighted by Gasteiger charge is -2.19. The summed E-state index contributed by atoms with van der Waals surface area (Å²) in [4.78, 5) is 30.3. The summed E-state index contributed by atoms with van der Waals surface area (Å²) in [6.45, 7) is 3.82. The lowest BCUT2D eigenvalue weighted by Crippen LogP contribution is -2.16. The number of para-hydroxylation sites is 2. The summed E-state index contributed by atoms with van der Waals surface area (Å²) in [6.07, 6.45) is 1.17. The van der Waals surface area contributed by atoms with Crippen molar-refractivity contribution in [3.05, 3.63) is 94.3 Å². The Balaban J connectivity index is 2.03. The molecule has 0 fully saturated rings. The number of carbonyl (C=O) groups excluding carboxylic acids is 1. The Hall–Kier alpha value is -3.73. The molecule has 4 rings (SSSR count). The highest BCUT2D eigenvalue weighted by molar-refractivity contribution is 5.97. The highest BCUT2D eigenvalue weighted by Crippen LogP contribution is 2.26. The van der Waals surface area contributed by atoms with Crippen molar-refractivity contribution in [2.75, 3.05) is 5.32 Å². The maximum atomic E-state index is 13.0. The van der Waals surface area contributed by atoms with Crippen molar-refractivity contribution in [3.8, 4) is 5.69 Å². The van der Waals surface area contributed by atoms with Crippen LogP contribution in [0.25, 0.3) is 16.7 Å². The Morgan fingerprint density at radius 2 is 1.67 bits per heavy atom. The van der Waals surface area contributed by atoms with E-state index in [0.717, 1.165) is 23.4 Å². The molecule has 0 amide bonds. The molecular weight excluding hydrogens is 374 g/mol. The van der Waals surface area contributed by atoms with Crippen molar-refractivity contribution in [1.29, 1.82) is 0 Å². The van der Waals surface area contributed by atoms with E-state index in [1.165, 1.54) is 0 Å². The van der Waals surface area contributed by atoms with Crippen molar-refractivity contribution in [3.63, 3.8) is 0 Å². The molecule has 1 N–H and O–H groups in total. The van der Waals surface area contributed by atoms with Gasteiger partial charge in [-0.15, -0.1) is 0 Å². The van der Waals surface area contributed by atoms with Crippen LogP contribution < -0.4 is 10.7 Å². The molecule has 4 aromatic rings. The van der Waals surface area contributed by atoms with E-state index < -0.39 is 0 Å². The third kappa shape index (κ3) is 3.74. The largest absolute Gasteiger partial charge is 0.341 e. The van der Waals surface area contributed by atoms with Crippen molar-refractivity contribution in [1.82, 2.24) is 9.55 Å². The van der Waals surface area contributed by atoms with Crippen LogP contribution in [0.5, 0.6) is 0 Å². The zero-order valence-electron chi connectivity index (χ0n) is 17.1. The number of aromatic nitrogens is 2. The fraction of sp³-hybridized carbons (Fsp3) is 0.160. The molecule has 0 atom stereocenters. The van der Waals surface area contributed by atoms with Gasteiger partial charge >= 0.3 is 0 Å². The molecule has 5 heteroatoms. The number of carbonyl (C=O) groups is 1. The minimum absolute atomic E-state index is 0.0176. The molecule has 0 aliphatic rings. The van der Waals surface area contributed by atoms with Crippen molar-refractivity contribution >= 4 is 28.3 Å². The average molecular weight is 397 g/mol. The number of rotatable bonds is 6. The molecule has 0 unspecified atom stereocenters. The van der Waals surface area contributed by atoms with E-state index in [1.54, 1.807) is 12.1 Å². The number of pyridine rings is 2. The zero-order valence-corrected chi connectivity index (χ0v) is 17.1.